The number of aromatic nitrogens is 1. The van der Waals surface area contributed by atoms with E-state index >= 15 is 0 Å². The molecule has 0 unspecified atom stereocenters. The largest absolute Gasteiger partial charge is 0.366 e. The molecule has 0 radical (unpaired) electrons. The van der Waals surface area contributed by atoms with E-state index in [2.05, 4.69) is 31.5 Å². The number of halogens is 1. The minimum absolute atomic E-state index is 0.0804. The first-order valence-electron chi connectivity index (χ1n) is 11.1. The van der Waals surface area contributed by atoms with Gasteiger partial charge in [-0.25, -0.2) is 4.98 Å². The fourth-order valence-electron chi connectivity index (χ4n) is 5.31. The number of fused-ring (bicyclic) bond motifs is 4. The Bertz CT molecular complexity index is 1270. The Morgan fingerprint density at radius 3 is 2.79 bits per heavy atom. The maximum absolute atomic E-state index is 13.7. The van der Waals surface area contributed by atoms with Gasteiger partial charge in [0, 0.05) is 28.8 Å². The molecular weight excluding hydrogens is 482 g/mol. The van der Waals surface area contributed by atoms with Crippen LogP contribution in [0.15, 0.2) is 71.2 Å². The standard InChI is InChI=1S/C25H22BrN5O2/c26-17-11-12-19-18(14-17)25(24(33)28-19)30-13-5-8-20(30)23(32)31(25)22-10-4-9-21(29-22)27-15-16-6-2-1-3-7-16/h1-4,6-7,9-12,14,20H,5,8,13,15H2,(H,27,29)(H,28,33)/t20-,25+/m0/s1. The van der Waals surface area contributed by atoms with Crippen LogP contribution in [0.5, 0.6) is 0 Å². The summed E-state index contributed by atoms with van der Waals surface area (Å²) < 4.78 is 0.860. The molecule has 2 atom stereocenters. The lowest BCUT2D eigenvalue weighted by molar-refractivity contribution is -0.126. The molecule has 3 aromatic rings. The molecule has 2 aromatic carbocycles. The summed E-state index contributed by atoms with van der Waals surface area (Å²) in [5.74, 6) is 0.829. The predicted molar refractivity (Wildman–Crippen MR) is 130 cm³/mol. The SMILES string of the molecule is O=C1[C@@H]2CCCN2[C@@]2(C(=O)Nc3ccc(Br)cc32)N1c1cccc(NCc2ccccc2)n1. The molecule has 2 amide bonds. The second-order valence-electron chi connectivity index (χ2n) is 8.56. The number of nitrogens with zero attached hydrogens (tertiary/aromatic N) is 3. The third-order valence-corrected chi connectivity index (χ3v) is 7.19. The summed E-state index contributed by atoms with van der Waals surface area (Å²) in [7, 11) is 0. The van der Waals surface area contributed by atoms with E-state index < -0.39 is 5.66 Å². The van der Waals surface area contributed by atoms with Crippen molar-refractivity contribution in [2.45, 2.75) is 31.1 Å². The quantitative estimate of drug-likeness (QED) is 0.560. The van der Waals surface area contributed by atoms with Crippen LogP contribution in [0.4, 0.5) is 17.3 Å². The fourth-order valence-corrected chi connectivity index (χ4v) is 5.68. The van der Waals surface area contributed by atoms with Crippen molar-refractivity contribution in [1.29, 1.82) is 0 Å². The summed E-state index contributed by atoms with van der Waals surface area (Å²) in [5.41, 5.74) is 1.41. The van der Waals surface area contributed by atoms with Crippen molar-refractivity contribution in [3.8, 4) is 0 Å². The van der Waals surface area contributed by atoms with Crippen molar-refractivity contribution >= 4 is 45.1 Å². The zero-order chi connectivity index (χ0) is 22.6. The number of hydrogen-bond acceptors (Lipinski definition) is 5. The molecule has 2 saturated heterocycles. The highest BCUT2D eigenvalue weighted by Gasteiger charge is 2.67. The van der Waals surface area contributed by atoms with Crippen LogP contribution in [0.3, 0.4) is 0 Å². The zero-order valence-electron chi connectivity index (χ0n) is 17.8. The summed E-state index contributed by atoms with van der Waals surface area (Å²) in [6.45, 7) is 1.29. The monoisotopic (exact) mass is 503 g/mol. The van der Waals surface area contributed by atoms with Crippen LogP contribution in [0.25, 0.3) is 0 Å². The number of amides is 2. The number of pyridine rings is 1. The first-order chi connectivity index (χ1) is 16.1. The molecule has 6 rings (SSSR count). The minimum Gasteiger partial charge on any atom is -0.366 e. The molecule has 33 heavy (non-hydrogen) atoms. The van der Waals surface area contributed by atoms with E-state index in [1.54, 1.807) is 11.0 Å². The molecule has 2 N–H and O–H groups in total. The van der Waals surface area contributed by atoms with Gasteiger partial charge in [0.2, 0.25) is 11.6 Å². The predicted octanol–water partition coefficient (Wildman–Crippen LogP) is 4.07. The summed E-state index contributed by atoms with van der Waals surface area (Å²) in [6.07, 6.45) is 1.62. The van der Waals surface area contributed by atoms with Crippen LogP contribution < -0.4 is 15.5 Å². The number of nitrogens with one attached hydrogen (secondary N) is 2. The van der Waals surface area contributed by atoms with Crippen LogP contribution in [0.1, 0.15) is 24.0 Å². The van der Waals surface area contributed by atoms with Crippen molar-refractivity contribution in [2.75, 3.05) is 22.1 Å². The average Bonchev–Trinajstić information content (AvgIpc) is 3.48. The topological polar surface area (TPSA) is 77.6 Å². The van der Waals surface area contributed by atoms with Crippen LogP contribution >= 0.6 is 15.9 Å². The van der Waals surface area contributed by atoms with Gasteiger partial charge in [-0.1, -0.05) is 52.3 Å². The second-order valence-corrected chi connectivity index (χ2v) is 9.48. The van der Waals surface area contributed by atoms with Gasteiger partial charge in [0.25, 0.3) is 5.91 Å². The Morgan fingerprint density at radius 1 is 1.09 bits per heavy atom. The number of hydrogen-bond donors (Lipinski definition) is 2. The van der Waals surface area contributed by atoms with Gasteiger partial charge in [-0.3, -0.25) is 19.4 Å². The molecule has 8 heteroatoms. The maximum Gasteiger partial charge on any atom is 0.271 e. The summed E-state index contributed by atoms with van der Waals surface area (Å²) in [6, 6.07) is 21.0. The smallest absolute Gasteiger partial charge is 0.271 e. The van der Waals surface area contributed by atoms with Gasteiger partial charge >= 0.3 is 0 Å². The number of carbonyl (C=O) groups is 2. The van der Waals surface area contributed by atoms with E-state index in [1.165, 1.54) is 0 Å². The van der Waals surface area contributed by atoms with Crippen LogP contribution in [0, 0.1) is 0 Å². The van der Waals surface area contributed by atoms with Crippen molar-refractivity contribution in [2.24, 2.45) is 0 Å². The van der Waals surface area contributed by atoms with Crippen molar-refractivity contribution < 1.29 is 9.59 Å². The molecular formula is C25H22BrN5O2. The van der Waals surface area contributed by atoms with Gasteiger partial charge in [-0.15, -0.1) is 0 Å². The Labute approximate surface area is 199 Å². The summed E-state index contributed by atoms with van der Waals surface area (Å²) >= 11 is 3.55. The Kier molecular flexibility index (Phi) is 4.74. The van der Waals surface area contributed by atoms with E-state index in [0.29, 0.717) is 24.7 Å². The number of anilines is 3. The van der Waals surface area contributed by atoms with Gasteiger partial charge < -0.3 is 10.6 Å². The van der Waals surface area contributed by atoms with Gasteiger partial charge in [-0.05, 0) is 48.7 Å². The van der Waals surface area contributed by atoms with Gasteiger partial charge in [0.05, 0.1) is 6.04 Å². The van der Waals surface area contributed by atoms with Crippen LogP contribution in [-0.2, 0) is 21.8 Å². The number of benzene rings is 2. The Morgan fingerprint density at radius 2 is 1.94 bits per heavy atom. The van der Waals surface area contributed by atoms with Crippen molar-refractivity contribution in [3.63, 3.8) is 0 Å². The van der Waals surface area contributed by atoms with Crippen LogP contribution in [-0.4, -0.2) is 34.3 Å². The normalized spacial score (nSPS) is 23.7. The molecule has 0 bridgehead atoms. The highest BCUT2D eigenvalue weighted by atomic mass is 79.9. The molecule has 7 nitrogen and oxygen atoms in total. The van der Waals surface area contributed by atoms with Crippen LogP contribution in [0.2, 0.25) is 0 Å². The summed E-state index contributed by atoms with van der Waals surface area (Å²) in [4.78, 5) is 35.8. The van der Waals surface area contributed by atoms with Crippen molar-refractivity contribution in [3.05, 3.63) is 82.3 Å². The second kappa shape index (κ2) is 7.67. The van der Waals surface area contributed by atoms with E-state index in [-0.39, 0.29) is 17.9 Å². The van der Waals surface area contributed by atoms with E-state index in [4.69, 9.17) is 4.98 Å². The molecule has 3 aliphatic rings. The minimum atomic E-state index is -1.23. The molecule has 1 aromatic heterocycles. The first-order valence-corrected chi connectivity index (χ1v) is 11.9. The molecule has 3 aliphatic heterocycles. The van der Waals surface area contributed by atoms with E-state index in [9.17, 15) is 9.59 Å². The molecule has 166 valence electrons. The number of carbonyl (C=O) groups excluding carboxylic acids is 2. The molecule has 1 spiro atoms. The fraction of sp³-hybridized carbons (Fsp3) is 0.240. The van der Waals surface area contributed by atoms with E-state index in [0.717, 1.165) is 34.1 Å². The highest BCUT2D eigenvalue weighted by molar-refractivity contribution is 9.10. The summed E-state index contributed by atoms with van der Waals surface area (Å²) in [5, 5.41) is 6.35. The molecule has 0 saturated carbocycles. The molecule has 0 aliphatic carbocycles. The first kappa shape index (κ1) is 20.4. The van der Waals surface area contributed by atoms with Gasteiger partial charge in [0.1, 0.15) is 11.6 Å². The lowest BCUT2D eigenvalue weighted by Gasteiger charge is -2.37. The lowest BCUT2D eigenvalue weighted by Crippen LogP contribution is -2.56. The average molecular weight is 504 g/mol. The highest BCUT2D eigenvalue weighted by Crippen LogP contribution is 2.52. The van der Waals surface area contributed by atoms with Gasteiger partial charge in [0.15, 0.2) is 0 Å². The Balaban J connectivity index is 1.44. The van der Waals surface area contributed by atoms with Crippen molar-refractivity contribution in [1.82, 2.24) is 9.88 Å². The third kappa shape index (κ3) is 3.01. The number of rotatable bonds is 4. The molecule has 4 heterocycles. The molecule has 2 fully saturated rings. The van der Waals surface area contributed by atoms with E-state index in [1.807, 2.05) is 60.7 Å². The zero-order valence-corrected chi connectivity index (χ0v) is 19.4. The lowest BCUT2D eigenvalue weighted by atomic mass is 9.98. The Hall–Kier alpha value is -3.23. The van der Waals surface area contributed by atoms with Gasteiger partial charge in [-0.2, -0.15) is 0 Å². The maximum atomic E-state index is 13.7. The third-order valence-electron chi connectivity index (χ3n) is 6.70.